The highest BCUT2D eigenvalue weighted by Crippen LogP contribution is 2.30. The van der Waals surface area contributed by atoms with E-state index in [-0.39, 0.29) is 0 Å². The van der Waals surface area contributed by atoms with Crippen LogP contribution in [0.2, 0.25) is 0 Å². The third-order valence-electron chi connectivity index (χ3n) is 3.99. The quantitative estimate of drug-likeness (QED) is 0.858. The lowest BCUT2D eigenvalue weighted by molar-refractivity contribution is 0.584. The topological polar surface area (TPSA) is 15.3 Å². The molecule has 2 nitrogen and oxygen atoms in total. The van der Waals surface area contributed by atoms with E-state index in [2.05, 4.69) is 42.3 Å². The predicted molar refractivity (Wildman–Crippen MR) is 74.8 cm³/mol. The number of rotatable bonds is 4. The van der Waals surface area contributed by atoms with Gasteiger partial charge in [0.15, 0.2) is 0 Å². The smallest absolute Gasteiger partial charge is 0.0401 e. The van der Waals surface area contributed by atoms with Gasteiger partial charge in [0.05, 0.1) is 0 Å². The predicted octanol–water partition coefficient (Wildman–Crippen LogP) is 2.88. The van der Waals surface area contributed by atoms with Crippen molar-refractivity contribution in [3.63, 3.8) is 0 Å². The lowest BCUT2D eigenvalue weighted by atomic mass is 10.1. The maximum atomic E-state index is 3.27. The molecule has 0 saturated carbocycles. The number of nitrogens with zero attached hydrogens (tertiary/aromatic N) is 1. The minimum absolute atomic E-state index is 0.725. The van der Waals surface area contributed by atoms with Crippen LogP contribution < -0.4 is 10.2 Å². The average molecular weight is 232 g/mol. The van der Waals surface area contributed by atoms with Crippen LogP contribution in [-0.2, 0) is 0 Å². The van der Waals surface area contributed by atoms with Gasteiger partial charge in [-0.25, -0.2) is 0 Å². The van der Waals surface area contributed by atoms with Gasteiger partial charge in [0.1, 0.15) is 0 Å². The third kappa shape index (κ3) is 2.63. The summed E-state index contributed by atoms with van der Waals surface area (Å²) in [5, 5.41) is 3.27. The molecule has 1 aromatic rings. The van der Waals surface area contributed by atoms with Crippen LogP contribution >= 0.6 is 0 Å². The van der Waals surface area contributed by atoms with E-state index in [1.54, 1.807) is 0 Å². The lowest BCUT2D eigenvalue weighted by Gasteiger charge is -2.29. The summed E-state index contributed by atoms with van der Waals surface area (Å²) in [6, 6.07) is 7.39. The van der Waals surface area contributed by atoms with E-state index in [4.69, 9.17) is 0 Å². The van der Waals surface area contributed by atoms with Crippen LogP contribution in [0.15, 0.2) is 18.2 Å². The Kier molecular flexibility index (Phi) is 4.06. The Labute approximate surface area is 105 Å². The molecule has 1 unspecified atom stereocenters. The fourth-order valence-electron chi connectivity index (χ4n) is 2.81. The average Bonchev–Trinajstić information content (AvgIpc) is 2.78. The van der Waals surface area contributed by atoms with Crippen molar-refractivity contribution in [1.29, 1.82) is 0 Å². The Bertz CT molecular complexity index is 373. The molecule has 1 fully saturated rings. The molecule has 0 aliphatic carbocycles. The van der Waals surface area contributed by atoms with Crippen LogP contribution in [0, 0.1) is 13.8 Å². The van der Waals surface area contributed by atoms with Crippen molar-refractivity contribution >= 4 is 5.69 Å². The molecule has 0 aromatic heterocycles. The van der Waals surface area contributed by atoms with Gasteiger partial charge in [-0.1, -0.05) is 12.1 Å². The maximum absolute atomic E-state index is 3.27. The molecule has 0 radical (unpaired) electrons. The molecule has 1 heterocycles. The number of nitrogens with one attached hydrogen (secondary N) is 1. The molecular formula is C15H24N2. The fourth-order valence-corrected chi connectivity index (χ4v) is 2.81. The molecule has 2 rings (SSSR count). The van der Waals surface area contributed by atoms with Crippen molar-refractivity contribution in [2.24, 2.45) is 0 Å². The van der Waals surface area contributed by atoms with Gasteiger partial charge in [-0.3, -0.25) is 0 Å². The van der Waals surface area contributed by atoms with Crippen molar-refractivity contribution in [3.8, 4) is 0 Å². The lowest BCUT2D eigenvalue weighted by Crippen LogP contribution is -2.32. The van der Waals surface area contributed by atoms with E-state index in [1.807, 2.05) is 7.05 Å². The van der Waals surface area contributed by atoms with Crippen LogP contribution in [0.1, 0.15) is 30.4 Å². The first-order chi connectivity index (χ1) is 8.24. The maximum Gasteiger partial charge on any atom is 0.0401 e. The van der Waals surface area contributed by atoms with Gasteiger partial charge in [0.25, 0.3) is 0 Å². The third-order valence-corrected chi connectivity index (χ3v) is 3.99. The van der Waals surface area contributed by atoms with Gasteiger partial charge >= 0.3 is 0 Å². The van der Waals surface area contributed by atoms with Crippen molar-refractivity contribution in [1.82, 2.24) is 5.32 Å². The second-order valence-corrected chi connectivity index (χ2v) is 5.10. The Balaban J connectivity index is 2.17. The molecule has 1 aromatic carbocycles. The van der Waals surface area contributed by atoms with Crippen LogP contribution in [0.5, 0.6) is 0 Å². The van der Waals surface area contributed by atoms with Crippen LogP contribution in [-0.4, -0.2) is 26.2 Å². The minimum Gasteiger partial charge on any atom is -0.368 e. The Morgan fingerprint density at radius 3 is 2.94 bits per heavy atom. The molecule has 2 heteroatoms. The first-order valence-electron chi connectivity index (χ1n) is 6.71. The number of benzene rings is 1. The molecular weight excluding hydrogens is 208 g/mol. The Hall–Kier alpha value is -1.02. The summed E-state index contributed by atoms with van der Waals surface area (Å²) < 4.78 is 0. The van der Waals surface area contributed by atoms with E-state index >= 15 is 0 Å². The van der Waals surface area contributed by atoms with Gasteiger partial charge < -0.3 is 10.2 Å². The summed E-state index contributed by atoms with van der Waals surface area (Å²) in [6.07, 6.45) is 3.93. The van der Waals surface area contributed by atoms with Crippen molar-refractivity contribution in [3.05, 3.63) is 29.3 Å². The summed E-state index contributed by atoms with van der Waals surface area (Å²) in [5.74, 6) is 0. The highest BCUT2D eigenvalue weighted by Gasteiger charge is 2.25. The molecule has 0 spiro atoms. The van der Waals surface area contributed by atoms with Crippen LogP contribution in [0.25, 0.3) is 0 Å². The molecule has 1 aliphatic heterocycles. The molecule has 1 aliphatic rings. The van der Waals surface area contributed by atoms with Crippen LogP contribution in [0.3, 0.4) is 0 Å². The molecule has 17 heavy (non-hydrogen) atoms. The van der Waals surface area contributed by atoms with Gasteiger partial charge in [-0.15, -0.1) is 0 Å². The number of aryl methyl sites for hydroxylation is 1. The normalized spacial score (nSPS) is 19.9. The van der Waals surface area contributed by atoms with Gasteiger partial charge in [0.2, 0.25) is 0 Å². The summed E-state index contributed by atoms with van der Waals surface area (Å²) in [6.45, 7) is 6.79. The molecule has 1 N–H and O–H groups in total. The SMILES string of the molecule is CNCCC1CCCN1c1cccc(C)c1C. The largest absolute Gasteiger partial charge is 0.368 e. The van der Waals surface area contributed by atoms with Gasteiger partial charge in [0, 0.05) is 18.3 Å². The zero-order valence-corrected chi connectivity index (χ0v) is 11.3. The first kappa shape index (κ1) is 12.4. The number of anilines is 1. The summed E-state index contributed by atoms with van der Waals surface area (Å²) in [5.41, 5.74) is 4.30. The van der Waals surface area contributed by atoms with Crippen molar-refractivity contribution in [2.45, 2.75) is 39.2 Å². The van der Waals surface area contributed by atoms with E-state index in [1.165, 1.54) is 42.6 Å². The Morgan fingerprint density at radius 2 is 2.18 bits per heavy atom. The second-order valence-electron chi connectivity index (χ2n) is 5.10. The minimum atomic E-state index is 0.725. The molecule has 0 bridgehead atoms. The molecule has 0 amide bonds. The molecule has 94 valence electrons. The first-order valence-corrected chi connectivity index (χ1v) is 6.71. The zero-order valence-electron chi connectivity index (χ0n) is 11.3. The molecule has 1 saturated heterocycles. The summed E-state index contributed by atoms with van der Waals surface area (Å²) in [4.78, 5) is 2.61. The van der Waals surface area contributed by atoms with E-state index in [9.17, 15) is 0 Å². The van der Waals surface area contributed by atoms with Crippen LogP contribution in [0.4, 0.5) is 5.69 Å². The Morgan fingerprint density at radius 1 is 1.35 bits per heavy atom. The van der Waals surface area contributed by atoms with Crippen molar-refractivity contribution in [2.75, 3.05) is 25.0 Å². The highest BCUT2D eigenvalue weighted by atomic mass is 15.2. The standard InChI is InChI=1S/C15H24N2/c1-12-6-4-8-15(13(12)2)17-11-5-7-14(17)9-10-16-3/h4,6,8,14,16H,5,7,9-11H2,1-3H3. The monoisotopic (exact) mass is 232 g/mol. The van der Waals surface area contributed by atoms with Crippen molar-refractivity contribution < 1.29 is 0 Å². The summed E-state index contributed by atoms with van der Waals surface area (Å²) in [7, 11) is 2.04. The highest BCUT2D eigenvalue weighted by molar-refractivity contribution is 5.57. The van der Waals surface area contributed by atoms with E-state index in [0.717, 1.165) is 12.6 Å². The van der Waals surface area contributed by atoms with Gasteiger partial charge in [-0.05, 0) is 63.9 Å². The number of hydrogen-bond acceptors (Lipinski definition) is 2. The second kappa shape index (κ2) is 5.54. The zero-order chi connectivity index (χ0) is 12.3. The van der Waals surface area contributed by atoms with E-state index < -0.39 is 0 Å². The molecule has 1 atom stereocenters. The fraction of sp³-hybridized carbons (Fsp3) is 0.600. The van der Waals surface area contributed by atoms with Gasteiger partial charge in [-0.2, -0.15) is 0 Å². The number of hydrogen-bond donors (Lipinski definition) is 1. The summed E-state index contributed by atoms with van der Waals surface area (Å²) >= 11 is 0. The van der Waals surface area contributed by atoms with E-state index in [0.29, 0.717) is 0 Å².